The normalized spacial score (nSPS) is 29.4. The molecule has 1 heterocycles. The molecular weight excluding hydrogens is 525 g/mol. The van der Waals surface area contributed by atoms with E-state index in [1.54, 1.807) is 0 Å². The Morgan fingerprint density at radius 3 is 2.40 bits per heavy atom. The number of aromatic hydroxyl groups is 1. The Kier molecular flexibility index (Phi) is 6.84. The second kappa shape index (κ2) is 9.79. The molecule has 40 heavy (non-hydrogen) atoms. The molecule has 6 N–H and O–H groups in total. The Morgan fingerprint density at radius 2 is 1.80 bits per heavy atom. The second-order valence-corrected chi connectivity index (χ2v) is 11.3. The van der Waals surface area contributed by atoms with Crippen LogP contribution in [-0.2, 0) is 20.8 Å². The van der Waals surface area contributed by atoms with E-state index in [9.17, 15) is 44.0 Å². The van der Waals surface area contributed by atoms with Gasteiger partial charge in [-0.1, -0.05) is 0 Å². The summed E-state index contributed by atoms with van der Waals surface area (Å²) in [4.78, 5) is 55.8. The molecule has 1 aromatic rings. The fourth-order valence-electron chi connectivity index (χ4n) is 6.85. The second-order valence-electron chi connectivity index (χ2n) is 11.3. The van der Waals surface area contributed by atoms with Crippen LogP contribution in [0.15, 0.2) is 29.0 Å². The lowest BCUT2D eigenvalue weighted by Crippen LogP contribution is -2.65. The summed E-state index contributed by atoms with van der Waals surface area (Å²) in [6, 6.07) is 1.48. The first-order valence-corrected chi connectivity index (χ1v) is 13.2. The fraction of sp³-hybridized carbons (Fsp3) is 0.500. The number of rotatable bonds is 5. The molecule has 2 fully saturated rings. The summed E-state index contributed by atoms with van der Waals surface area (Å²) in [6.45, 7) is 0.854. The molecule has 1 saturated heterocycles. The lowest BCUT2D eigenvalue weighted by Gasteiger charge is -2.50. The standard InChI is InChI=1S/C28H32FN3O8/c1-31(2)22-16-10-12-9-15-14(18(34)11-32-7-5-13(29)6-8-32)3-4-17(33)20(15)23(35)19(12)25(37)28(16,40)26(38)21(24(22)36)27(30)39/h3-4,12-13,16,22,33,35,38,40H,5-11H2,1-2H3,(H2,30,39)/t12-,16-,22-,28-/m0/s1. The number of carbonyl (C=O) groups excluding carboxylic acids is 4. The van der Waals surface area contributed by atoms with E-state index in [1.165, 1.54) is 31.1 Å². The van der Waals surface area contributed by atoms with E-state index in [-0.39, 0.29) is 41.9 Å². The van der Waals surface area contributed by atoms with Gasteiger partial charge < -0.3 is 26.2 Å². The molecule has 0 aromatic heterocycles. The number of nitrogens with zero attached hydrogens (tertiary/aromatic N) is 2. The highest BCUT2D eigenvalue weighted by molar-refractivity contribution is 6.24. The molecule has 5 rings (SSSR count). The van der Waals surface area contributed by atoms with Crippen molar-refractivity contribution in [3.05, 3.63) is 45.7 Å². The minimum absolute atomic E-state index is 0.0129. The van der Waals surface area contributed by atoms with E-state index in [1.807, 2.05) is 4.90 Å². The fourth-order valence-corrected chi connectivity index (χ4v) is 6.85. The molecule has 4 aliphatic rings. The number of ketones is 3. The number of likely N-dealkylation sites (N-methyl/N-ethyl adjacent to an activating group) is 1. The number of aliphatic hydroxyl groups excluding tert-OH is 2. The Hall–Kier alpha value is -3.61. The first-order valence-electron chi connectivity index (χ1n) is 13.2. The van der Waals surface area contributed by atoms with Gasteiger partial charge in [-0.25, -0.2) is 4.39 Å². The quantitative estimate of drug-likeness (QED) is 0.254. The van der Waals surface area contributed by atoms with Crippen LogP contribution in [-0.4, -0.2) is 105 Å². The number of phenolic OH excluding ortho intramolecular Hbond substituents is 1. The largest absolute Gasteiger partial charge is 0.508 e. The van der Waals surface area contributed by atoms with Crippen molar-refractivity contribution in [2.75, 3.05) is 33.7 Å². The third kappa shape index (κ3) is 4.04. The highest BCUT2D eigenvalue weighted by Gasteiger charge is 2.64. The molecule has 3 aliphatic carbocycles. The minimum atomic E-state index is -2.73. The number of hydrogen-bond donors (Lipinski definition) is 5. The number of likely N-dealkylation sites (tertiary alicyclic amines) is 1. The summed E-state index contributed by atoms with van der Waals surface area (Å²) in [6.07, 6.45) is -0.295. The van der Waals surface area contributed by atoms with Crippen molar-refractivity contribution in [3.63, 3.8) is 0 Å². The summed E-state index contributed by atoms with van der Waals surface area (Å²) in [5, 5.41) is 44.5. The lowest BCUT2D eigenvalue weighted by atomic mass is 9.57. The smallest absolute Gasteiger partial charge is 0.255 e. The topological polar surface area (TPSA) is 182 Å². The lowest BCUT2D eigenvalue weighted by molar-refractivity contribution is -0.153. The molecule has 12 heteroatoms. The van der Waals surface area contributed by atoms with Gasteiger partial charge in [-0.15, -0.1) is 0 Å². The zero-order valence-electron chi connectivity index (χ0n) is 22.2. The van der Waals surface area contributed by atoms with E-state index in [2.05, 4.69) is 0 Å². The number of halogens is 1. The predicted molar refractivity (Wildman–Crippen MR) is 139 cm³/mol. The Balaban J connectivity index is 1.60. The number of hydrogen-bond acceptors (Lipinski definition) is 10. The summed E-state index contributed by atoms with van der Waals surface area (Å²) in [5.41, 5.74) is 1.86. The molecule has 0 bridgehead atoms. The maximum atomic E-state index is 13.9. The van der Waals surface area contributed by atoms with Crippen molar-refractivity contribution < 1.29 is 44.0 Å². The Bertz CT molecular complexity index is 1390. The van der Waals surface area contributed by atoms with Crippen molar-refractivity contribution >= 4 is 29.0 Å². The average Bonchev–Trinajstić information content (AvgIpc) is 2.87. The highest BCUT2D eigenvalue weighted by atomic mass is 19.1. The minimum Gasteiger partial charge on any atom is -0.508 e. The maximum absolute atomic E-state index is 13.9. The molecular formula is C28H32FN3O8. The van der Waals surface area contributed by atoms with E-state index >= 15 is 0 Å². The van der Waals surface area contributed by atoms with Crippen LogP contribution in [0.1, 0.15) is 40.7 Å². The van der Waals surface area contributed by atoms with Crippen LogP contribution in [0.4, 0.5) is 4.39 Å². The molecule has 4 atom stereocenters. The van der Waals surface area contributed by atoms with Crippen LogP contribution < -0.4 is 5.73 Å². The Morgan fingerprint density at radius 1 is 1.15 bits per heavy atom. The average molecular weight is 558 g/mol. The van der Waals surface area contributed by atoms with E-state index in [4.69, 9.17) is 5.73 Å². The number of amides is 1. The SMILES string of the molecule is CN(C)[C@@H]1C(=O)C(C(N)=O)=C(O)[C@@]2(O)C(=O)C3=C(O)c4c(O)ccc(C(=O)CN5CCC(F)CC5)c4C[C@H]3C[C@@H]12. The number of phenols is 1. The van der Waals surface area contributed by atoms with Crippen LogP contribution in [0.5, 0.6) is 5.75 Å². The number of aliphatic hydroxyl groups is 3. The Labute approximate surface area is 229 Å². The number of nitrogens with two attached hydrogens (primary N) is 1. The van der Waals surface area contributed by atoms with Gasteiger partial charge >= 0.3 is 0 Å². The molecule has 1 aromatic carbocycles. The van der Waals surface area contributed by atoms with E-state index < -0.39 is 70.0 Å². The van der Waals surface area contributed by atoms with Gasteiger partial charge in [0.15, 0.2) is 17.2 Å². The van der Waals surface area contributed by atoms with Crippen molar-refractivity contribution in [3.8, 4) is 5.75 Å². The summed E-state index contributed by atoms with van der Waals surface area (Å²) < 4.78 is 13.6. The van der Waals surface area contributed by atoms with Gasteiger partial charge in [-0.3, -0.25) is 29.0 Å². The van der Waals surface area contributed by atoms with Crippen LogP contribution in [0.25, 0.3) is 5.76 Å². The molecule has 1 saturated carbocycles. The number of piperidine rings is 1. The predicted octanol–water partition coefficient (Wildman–Crippen LogP) is 0.581. The van der Waals surface area contributed by atoms with Gasteiger partial charge in [0.1, 0.15) is 29.0 Å². The zero-order chi connectivity index (χ0) is 29.3. The van der Waals surface area contributed by atoms with E-state index in [0.29, 0.717) is 31.5 Å². The number of benzene rings is 1. The summed E-state index contributed by atoms with van der Waals surface area (Å²) in [5.74, 6) is -7.74. The molecule has 11 nitrogen and oxygen atoms in total. The first kappa shape index (κ1) is 27.9. The van der Waals surface area contributed by atoms with E-state index in [0.717, 1.165) is 0 Å². The van der Waals surface area contributed by atoms with Crippen molar-refractivity contribution in [1.29, 1.82) is 0 Å². The monoisotopic (exact) mass is 557 g/mol. The molecule has 0 radical (unpaired) electrons. The van der Waals surface area contributed by atoms with Crippen molar-refractivity contribution in [2.45, 2.75) is 43.5 Å². The van der Waals surface area contributed by atoms with Gasteiger partial charge in [0.2, 0.25) is 5.78 Å². The third-order valence-electron chi connectivity index (χ3n) is 8.79. The van der Waals surface area contributed by atoms with Gasteiger partial charge in [-0.05, 0) is 63.4 Å². The zero-order valence-corrected chi connectivity index (χ0v) is 22.2. The van der Waals surface area contributed by atoms with Crippen LogP contribution in [0, 0.1) is 11.8 Å². The first-order chi connectivity index (χ1) is 18.8. The molecule has 214 valence electrons. The summed E-state index contributed by atoms with van der Waals surface area (Å²) >= 11 is 0. The maximum Gasteiger partial charge on any atom is 0.255 e. The van der Waals surface area contributed by atoms with Gasteiger partial charge in [0, 0.05) is 30.1 Å². The van der Waals surface area contributed by atoms with Crippen LogP contribution in [0.2, 0.25) is 0 Å². The molecule has 1 aliphatic heterocycles. The molecule has 0 spiro atoms. The highest BCUT2D eigenvalue weighted by Crippen LogP contribution is 2.53. The number of fused-ring (bicyclic) bond motifs is 3. The van der Waals surface area contributed by atoms with Gasteiger partial charge in [-0.2, -0.15) is 0 Å². The van der Waals surface area contributed by atoms with Crippen molar-refractivity contribution in [2.24, 2.45) is 17.6 Å². The molecule has 0 unspecified atom stereocenters. The van der Waals surface area contributed by atoms with Crippen LogP contribution >= 0.6 is 0 Å². The van der Waals surface area contributed by atoms with Crippen LogP contribution in [0.3, 0.4) is 0 Å². The third-order valence-corrected chi connectivity index (χ3v) is 8.79. The van der Waals surface area contributed by atoms with Gasteiger partial charge in [0.25, 0.3) is 5.91 Å². The number of Topliss-reactive ketones (excluding diaryl/α,β-unsaturated/α-hetero) is 3. The van der Waals surface area contributed by atoms with Gasteiger partial charge in [0.05, 0.1) is 18.2 Å². The van der Waals surface area contributed by atoms with Crippen molar-refractivity contribution in [1.82, 2.24) is 9.80 Å². The number of carbonyl (C=O) groups is 4. The summed E-state index contributed by atoms with van der Waals surface area (Å²) in [7, 11) is 3.04. The molecule has 1 amide bonds. The number of primary amides is 1. The number of alkyl halides is 1.